The van der Waals surface area contributed by atoms with Crippen LogP contribution in [0.1, 0.15) is 27.7 Å². The van der Waals surface area contributed by atoms with Crippen molar-refractivity contribution in [2.24, 2.45) is 0 Å². The topological polar surface area (TPSA) is 83.5 Å². The number of hydrogen-bond acceptors (Lipinski definition) is 6. The Hall–Kier alpha value is -2.12. The maximum absolute atomic E-state index is 12.2. The van der Waals surface area contributed by atoms with Crippen molar-refractivity contribution in [3.63, 3.8) is 0 Å². The molecule has 2 rings (SSSR count). The molecule has 0 bridgehead atoms. The van der Waals surface area contributed by atoms with Crippen LogP contribution >= 0.6 is 11.5 Å². The summed E-state index contributed by atoms with van der Waals surface area (Å²) in [4.78, 5) is 12.2. The van der Waals surface area contributed by atoms with Gasteiger partial charge >= 0.3 is 0 Å². The molecule has 1 aromatic heterocycles. The van der Waals surface area contributed by atoms with Crippen LogP contribution in [-0.4, -0.2) is 36.1 Å². The number of aryl methyl sites for hydroxylation is 1. The lowest BCUT2D eigenvalue weighted by molar-refractivity contribution is 0.0916. The van der Waals surface area contributed by atoms with Crippen LogP contribution in [0.25, 0.3) is 0 Å². The third-order valence-electron chi connectivity index (χ3n) is 3.27. The molecule has 0 aliphatic carbocycles. The van der Waals surface area contributed by atoms with E-state index in [1.807, 2.05) is 0 Å². The number of hydrogen-bond donors (Lipinski definition) is 3. The van der Waals surface area contributed by atoms with Crippen LogP contribution in [0.5, 0.6) is 5.75 Å². The molecule has 1 heterocycles. The maximum Gasteiger partial charge on any atom is 0.256 e. The number of nitrogens with zero attached hydrogens (tertiary/aromatic N) is 1. The third-order valence-corrected chi connectivity index (χ3v) is 4.23. The number of anilines is 1. The Labute approximate surface area is 133 Å². The zero-order valence-corrected chi connectivity index (χ0v) is 13.5. The van der Waals surface area contributed by atoms with Gasteiger partial charge in [-0.15, -0.1) is 0 Å². The van der Waals surface area contributed by atoms with E-state index in [0.29, 0.717) is 16.3 Å². The van der Waals surface area contributed by atoms with E-state index in [4.69, 9.17) is 4.74 Å². The lowest BCUT2D eigenvalue weighted by Gasteiger charge is -2.13. The summed E-state index contributed by atoms with van der Waals surface area (Å²) in [7, 11) is 3.33. The second kappa shape index (κ2) is 7.24. The Bertz CT molecular complexity index is 640. The van der Waals surface area contributed by atoms with Crippen molar-refractivity contribution in [1.82, 2.24) is 9.69 Å². The largest absolute Gasteiger partial charge is 0.497 e. The number of ether oxygens (including phenoxy) is 1. The number of aliphatic hydroxyl groups is 1. The van der Waals surface area contributed by atoms with E-state index in [2.05, 4.69) is 15.0 Å². The molecule has 2 aromatic rings. The van der Waals surface area contributed by atoms with Gasteiger partial charge in [-0.25, -0.2) is 0 Å². The summed E-state index contributed by atoms with van der Waals surface area (Å²) in [5.41, 5.74) is 1.91. The summed E-state index contributed by atoms with van der Waals surface area (Å²) < 4.78 is 9.23. The van der Waals surface area contributed by atoms with Crippen LogP contribution in [0, 0.1) is 6.92 Å². The van der Waals surface area contributed by atoms with Crippen molar-refractivity contribution in [2.45, 2.75) is 13.0 Å². The lowest BCUT2D eigenvalue weighted by atomic mass is 10.1. The molecule has 0 aliphatic rings. The lowest BCUT2D eigenvalue weighted by Crippen LogP contribution is -2.29. The number of methoxy groups -OCH3 is 1. The monoisotopic (exact) mass is 321 g/mol. The summed E-state index contributed by atoms with van der Waals surface area (Å²) >= 11 is 1.24. The molecule has 0 fully saturated rings. The van der Waals surface area contributed by atoms with E-state index in [1.165, 1.54) is 11.5 Å². The summed E-state index contributed by atoms with van der Waals surface area (Å²) in [5, 5.41) is 16.5. The van der Waals surface area contributed by atoms with Gasteiger partial charge in [-0.2, -0.15) is 4.37 Å². The first-order valence-electron chi connectivity index (χ1n) is 6.81. The van der Waals surface area contributed by atoms with Gasteiger partial charge < -0.3 is 20.5 Å². The summed E-state index contributed by atoms with van der Waals surface area (Å²) in [6, 6.07) is 7.08. The summed E-state index contributed by atoms with van der Waals surface area (Å²) in [6.07, 6.45) is -0.778. The molecule has 22 heavy (non-hydrogen) atoms. The number of carbonyl (C=O) groups is 1. The molecule has 3 N–H and O–H groups in total. The minimum Gasteiger partial charge on any atom is -0.497 e. The summed E-state index contributed by atoms with van der Waals surface area (Å²) in [5.74, 6) is 0.474. The number of aliphatic hydroxyl groups excluding tert-OH is 1. The number of aromatic nitrogens is 1. The first-order valence-corrected chi connectivity index (χ1v) is 7.58. The average molecular weight is 321 g/mol. The molecule has 1 aromatic carbocycles. The van der Waals surface area contributed by atoms with Crippen molar-refractivity contribution < 1.29 is 14.6 Å². The fourth-order valence-electron chi connectivity index (χ4n) is 2.03. The zero-order chi connectivity index (χ0) is 16.1. The molecule has 7 heteroatoms. The molecular weight excluding hydrogens is 302 g/mol. The highest BCUT2D eigenvalue weighted by Gasteiger charge is 2.18. The molecule has 118 valence electrons. The molecule has 0 unspecified atom stereocenters. The van der Waals surface area contributed by atoms with Crippen molar-refractivity contribution >= 4 is 22.4 Å². The molecule has 0 radical (unpaired) electrons. The highest BCUT2D eigenvalue weighted by Crippen LogP contribution is 2.24. The van der Waals surface area contributed by atoms with Crippen LogP contribution in [0.2, 0.25) is 0 Å². The third kappa shape index (κ3) is 3.55. The molecule has 6 nitrogen and oxygen atoms in total. The molecule has 0 saturated heterocycles. The fourth-order valence-corrected chi connectivity index (χ4v) is 2.77. The fraction of sp³-hybridized carbons (Fsp3) is 0.333. The highest BCUT2D eigenvalue weighted by molar-refractivity contribution is 7.10. The Morgan fingerprint density at radius 1 is 1.41 bits per heavy atom. The molecule has 0 spiro atoms. The Morgan fingerprint density at radius 3 is 2.68 bits per heavy atom. The first-order chi connectivity index (χ1) is 10.6. The maximum atomic E-state index is 12.2. The molecule has 1 amide bonds. The van der Waals surface area contributed by atoms with Crippen molar-refractivity contribution in [3.05, 3.63) is 41.1 Å². The SMILES string of the molecule is CNc1snc(C)c1C(=O)NC[C@@H](O)c1ccc(OC)cc1. The van der Waals surface area contributed by atoms with Gasteiger partial charge in [-0.3, -0.25) is 4.79 Å². The Kier molecular flexibility index (Phi) is 5.35. The average Bonchev–Trinajstić information content (AvgIpc) is 2.93. The minimum absolute atomic E-state index is 0.129. The van der Waals surface area contributed by atoms with Crippen LogP contribution < -0.4 is 15.4 Å². The van der Waals surface area contributed by atoms with E-state index in [0.717, 1.165) is 11.3 Å². The number of benzene rings is 1. The standard InChI is InChI=1S/C15H19N3O3S/c1-9-13(15(16-2)22-18-9)14(20)17-8-12(19)10-4-6-11(21-3)7-5-10/h4-7,12,16,19H,8H2,1-3H3,(H,17,20)/t12-/m1/s1. The van der Waals surface area contributed by atoms with Gasteiger partial charge in [-0.1, -0.05) is 12.1 Å². The zero-order valence-electron chi connectivity index (χ0n) is 12.7. The predicted octanol–water partition coefficient (Wildman–Crippen LogP) is 1.97. The number of nitrogens with one attached hydrogen (secondary N) is 2. The van der Waals surface area contributed by atoms with E-state index in [-0.39, 0.29) is 12.5 Å². The van der Waals surface area contributed by atoms with E-state index < -0.39 is 6.10 Å². The minimum atomic E-state index is -0.778. The quantitative estimate of drug-likeness (QED) is 0.757. The highest BCUT2D eigenvalue weighted by atomic mass is 32.1. The van der Waals surface area contributed by atoms with Crippen LogP contribution in [0.15, 0.2) is 24.3 Å². The molecular formula is C15H19N3O3S. The van der Waals surface area contributed by atoms with Crippen LogP contribution in [0.4, 0.5) is 5.00 Å². The van der Waals surface area contributed by atoms with E-state index >= 15 is 0 Å². The van der Waals surface area contributed by atoms with Gasteiger partial charge in [0.05, 0.1) is 24.5 Å². The second-order valence-corrected chi connectivity index (χ2v) is 5.49. The van der Waals surface area contributed by atoms with Crippen molar-refractivity contribution in [2.75, 3.05) is 26.0 Å². The van der Waals surface area contributed by atoms with Gasteiger partial charge in [-0.05, 0) is 36.2 Å². The van der Waals surface area contributed by atoms with Crippen LogP contribution in [-0.2, 0) is 0 Å². The van der Waals surface area contributed by atoms with Crippen molar-refractivity contribution in [1.29, 1.82) is 0 Å². The van der Waals surface area contributed by atoms with Gasteiger partial charge in [0, 0.05) is 13.6 Å². The first kappa shape index (κ1) is 16.3. The van der Waals surface area contributed by atoms with E-state index in [9.17, 15) is 9.90 Å². The predicted molar refractivity (Wildman–Crippen MR) is 86.7 cm³/mol. The second-order valence-electron chi connectivity index (χ2n) is 4.72. The number of carbonyl (C=O) groups excluding carboxylic acids is 1. The number of rotatable bonds is 6. The van der Waals surface area contributed by atoms with E-state index in [1.54, 1.807) is 45.3 Å². The molecule has 1 atom stereocenters. The van der Waals surface area contributed by atoms with Crippen molar-refractivity contribution in [3.8, 4) is 5.75 Å². The van der Waals surface area contributed by atoms with Gasteiger partial charge in [0.2, 0.25) is 0 Å². The molecule has 0 saturated carbocycles. The smallest absolute Gasteiger partial charge is 0.256 e. The van der Waals surface area contributed by atoms with Gasteiger partial charge in [0.15, 0.2) is 0 Å². The summed E-state index contributed by atoms with van der Waals surface area (Å²) in [6.45, 7) is 1.91. The van der Waals surface area contributed by atoms with Gasteiger partial charge in [0.25, 0.3) is 5.91 Å². The van der Waals surface area contributed by atoms with Gasteiger partial charge in [0.1, 0.15) is 10.8 Å². The Morgan fingerprint density at radius 2 is 2.09 bits per heavy atom. The van der Waals surface area contributed by atoms with Crippen LogP contribution in [0.3, 0.4) is 0 Å². The number of amides is 1. The Balaban J connectivity index is 1.99. The molecule has 0 aliphatic heterocycles. The normalized spacial score (nSPS) is 11.8.